The third kappa shape index (κ3) is 4.99. The Hall–Kier alpha value is -3.61. The van der Waals surface area contributed by atoms with Crippen LogP contribution in [0.25, 0.3) is 11.3 Å². The maximum atomic E-state index is 12.7. The Morgan fingerprint density at radius 1 is 0.906 bits per heavy atom. The van der Waals surface area contributed by atoms with Gasteiger partial charge >= 0.3 is 0 Å². The number of anilines is 1. The minimum Gasteiger partial charge on any atom is -0.451 e. The average Bonchev–Trinajstić information content (AvgIpc) is 3.31. The third-order valence-electron chi connectivity index (χ3n) is 4.63. The number of pyridine rings is 1. The first-order valence-corrected chi connectivity index (χ1v) is 10.4. The molecule has 160 valence electrons. The topological polar surface area (TPSA) is 84.2 Å². The standard InChI is InChI=1S/C24H17Cl2N3O3/c25-18-8-7-16(12-19(18)26)21-9-10-22(32-21)24(31)29-20-6-2-1-5-17(20)23(30)28-14-15-4-3-11-27-13-15/h1-13H,14H2,(H,28,30)(H,29,31). The van der Waals surface area contributed by atoms with Crippen LogP contribution < -0.4 is 10.6 Å². The molecule has 0 spiro atoms. The molecule has 0 radical (unpaired) electrons. The lowest BCUT2D eigenvalue weighted by Gasteiger charge is -2.11. The Kier molecular flexibility index (Phi) is 6.54. The Morgan fingerprint density at radius 3 is 2.53 bits per heavy atom. The number of nitrogens with zero attached hydrogens (tertiary/aromatic N) is 1. The first kappa shape index (κ1) is 21.6. The van der Waals surface area contributed by atoms with Crippen molar-refractivity contribution in [3.63, 3.8) is 0 Å². The highest BCUT2D eigenvalue weighted by Crippen LogP contribution is 2.30. The van der Waals surface area contributed by atoms with Gasteiger partial charge < -0.3 is 15.1 Å². The summed E-state index contributed by atoms with van der Waals surface area (Å²) in [5, 5.41) is 6.38. The number of rotatable bonds is 6. The van der Waals surface area contributed by atoms with Gasteiger partial charge in [-0.3, -0.25) is 14.6 Å². The van der Waals surface area contributed by atoms with Crippen LogP contribution in [0.3, 0.4) is 0 Å². The number of benzene rings is 2. The highest BCUT2D eigenvalue weighted by molar-refractivity contribution is 6.42. The van der Waals surface area contributed by atoms with Crippen molar-refractivity contribution < 1.29 is 14.0 Å². The zero-order chi connectivity index (χ0) is 22.5. The number of furan rings is 1. The van der Waals surface area contributed by atoms with E-state index in [2.05, 4.69) is 15.6 Å². The van der Waals surface area contributed by atoms with Crippen LogP contribution in [0.4, 0.5) is 5.69 Å². The van der Waals surface area contributed by atoms with E-state index in [1.165, 1.54) is 0 Å². The molecule has 4 aromatic rings. The van der Waals surface area contributed by atoms with Crippen molar-refractivity contribution in [2.24, 2.45) is 0 Å². The molecule has 2 amide bonds. The van der Waals surface area contributed by atoms with E-state index in [-0.39, 0.29) is 11.7 Å². The van der Waals surface area contributed by atoms with E-state index in [0.717, 1.165) is 5.56 Å². The minimum atomic E-state index is -0.483. The monoisotopic (exact) mass is 465 g/mol. The summed E-state index contributed by atoms with van der Waals surface area (Å²) in [6.45, 7) is 0.320. The molecule has 2 aromatic heterocycles. The summed E-state index contributed by atoms with van der Waals surface area (Å²) >= 11 is 12.0. The minimum absolute atomic E-state index is 0.0941. The van der Waals surface area contributed by atoms with Gasteiger partial charge in [-0.05, 0) is 54.1 Å². The summed E-state index contributed by atoms with van der Waals surface area (Å²) in [6, 6.07) is 18.7. The number of carbonyl (C=O) groups is 2. The van der Waals surface area contributed by atoms with Crippen molar-refractivity contribution in [2.75, 3.05) is 5.32 Å². The SMILES string of the molecule is O=C(Nc1ccccc1C(=O)NCc1cccnc1)c1ccc(-c2ccc(Cl)c(Cl)c2)o1. The van der Waals surface area contributed by atoms with Gasteiger partial charge in [-0.2, -0.15) is 0 Å². The molecule has 0 saturated heterocycles. The lowest BCUT2D eigenvalue weighted by molar-refractivity contribution is 0.0951. The summed E-state index contributed by atoms with van der Waals surface area (Å²) in [5.74, 6) is -0.239. The number of para-hydroxylation sites is 1. The lowest BCUT2D eigenvalue weighted by Crippen LogP contribution is -2.24. The maximum Gasteiger partial charge on any atom is 0.291 e. The van der Waals surface area contributed by atoms with Crippen LogP contribution in [0, 0.1) is 0 Å². The smallest absolute Gasteiger partial charge is 0.291 e. The summed E-state index contributed by atoms with van der Waals surface area (Å²) < 4.78 is 5.68. The van der Waals surface area contributed by atoms with Crippen molar-refractivity contribution in [1.29, 1.82) is 0 Å². The van der Waals surface area contributed by atoms with E-state index in [0.29, 0.717) is 39.2 Å². The highest BCUT2D eigenvalue weighted by atomic mass is 35.5. The first-order chi connectivity index (χ1) is 15.5. The molecule has 4 rings (SSSR count). The van der Waals surface area contributed by atoms with Gasteiger partial charge in [0.15, 0.2) is 5.76 Å². The lowest BCUT2D eigenvalue weighted by atomic mass is 10.1. The van der Waals surface area contributed by atoms with Crippen molar-refractivity contribution in [3.8, 4) is 11.3 Å². The molecule has 0 saturated carbocycles. The normalized spacial score (nSPS) is 10.6. The third-order valence-corrected chi connectivity index (χ3v) is 5.37. The Bertz CT molecular complexity index is 1270. The quantitative estimate of drug-likeness (QED) is 0.375. The van der Waals surface area contributed by atoms with Gasteiger partial charge in [0.05, 0.1) is 21.3 Å². The Balaban J connectivity index is 1.47. The summed E-state index contributed by atoms with van der Waals surface area (Å²) in [7, 11) is 0. The summed E-state index contributed by atoms with van der Waals surface area (Å²) in [5.41, 5.74) is 2.26. The second kappa shape index (κ2) is 9.68. The molecule has 2 N–H and O–H groups in total. The Morgan fingerprint density at radius 2 is 1.75 bits per heavy atom. The van der Waals surface area contributed by atoms with Crippen LogP contribution in [0.5, 0.6) is 0 Å². The van der Waals surface area contributed by atoms with Gasteiger partial charge in [0.2, 0.25) is 0 Å². The van der Waals surface area contributed by atoms with Crippen LogP contribution in [-0.4, -0.2) is 16.8 Å². The molecule has 2 aromatic carbocycles. The van der Waals surface area contributed by atoms with Crippen LogP contribution in [-0.2, 0) is 6.54 Å². The van der Waals surface area contributed by atoms with Gasteiger partial charge in [-0.15, -0.1) is 0 Å². The highest BCUT2D eigenvalue weighted by Gasteiger charge is 2.17. The van der Waals surface area contributed by atoms with E-state index in [1.807, 2.05) is 6.07 Å². The van der Waals surface area contributed by atoms with E-state index >= 15 is 0 Å². The molecular formula is C24H17Cl2N3O3. The van der Waals surface area contributed by atoms with Crippen LogP contribution >= 0.6 is 23.2 Å². The van der Waals surface area contributed by atoms with Crippen LogP contribution in [0.1, 0.15) is 26.5 Å². The maximum absolute atomic E-state index is 12.7. The molecule has 0 atom stereocenters. The molecule has 0 bridgehead atoms. The Labute approximate surface area is 194 Å². The number of hydrogen-bond acceptors (Lipinski definition) is 4. The van der Waals surface area contributed by atoms with E-state index in [4.69, 9.17) is 27.6 Å². The van der Waals surface area contributed by atoms with E-state index in [1.54, 1.807) is 73.1 Å². The van der Waals surface area contributed by atoms with Gasteiger partial charge in [0.25, 0.3) is 11.8 Å². The van der Waals surface area contributed by atoms with Gasteiger partial charge in [0.1, 0.15) is 5.76 Å². The van der Waals surface area contributed by atoms with Crippen molar-refractivity contribution in [2.45, 2.75) is 6.54 Å². The van der Waals surface area contributed by atoms with Gasteiger partial charge in [-0.1, -0.05) is 41.4 Å². The van der Waals surface area contributed by atoms with Crippen LogP contribution in [0.15, 0.2) is 83.5 Å². The molecule has 0 unspecified atom stereocenters. The van der Waals surface area contributed by atoms with Crippen LogP contribution in [0.2, 0.25) is 10.0 Å². The average molecular weight is 466 g/mol. The number of carbonyl (C=O) groups excluding carboxylic acids is 2. The molecule has 0 fully saturated rings. The number of halogens is 2. The largest absolute Gasteiger partial charge is 0.451 e. The molecule has 0 aliphatic heterocycles. The summed E-state index contributed by atoms with van der Waals surface area (Å²) in [6.07, 6.45) is 3.34. The van der Waals surface area contributed by atoms with Crippen molar-refractivity contribution >= 4 is 40.7 Å². The van der Waals surface area contributed by atoms with Crippen molar-refractivity contribution in [3.05, 3.63) is 106 Å². The molecule has 0 aliphatic carbocycles. The van der Waals surface area contributed by atoms with E-state index in [9.17, 15) is 9.59 Å². The van der Waals surface area contributed by atoms with E-state index < -0.39 is 5.91 Å². The zero-order valence-corrected chi connectivity index (χ0v) is 18.2. The molecule has 0 aliphatic rings. The van der Waals surface area contributed by atoms with Gasteiger partial charge in [-0.25, -0.2) is 0 Å². The molecular weight excluding hydrogens is 449 g/mol. The number of hydrogen-bond donors (Lipinski definition) is 2. The predicted molar refractivity (Wildman–Crippen MR) is 124 cm³/mol. The fourth-order valence-electron chi connectivity index (χ4n) is 3.02. The van der Waals surface area contributed by atoms with Gasteiger partial charge in [0, 0.05) is 24.5 Å². The number of aromatic nitrogens is 1. The number of amides is 2. The molecule has 8 heteroatoms. The number of nitrogens with one attached hydrogen (secondary N) is 2. The fraction of sp³-hybridized carbons (Fsp3) is 0.0417. The predicted octanol–water partition coefficient (Wildman–Crippen LogP) is 5.83. The zero-order valence-electron chi connectivity index (χ0n) is 16.6. The first-order valence-electron chi connectivity index (χ1n) is 9.64. The summed E-state index contributed by atoms with van der Waals surface area (Å²) in [4.78, 5) is 29.4. The molecule has 2 heterocycles. The molecule has 32 heavy (non-hydrogen) atoms. The fourth-order valence-corrected chi connectivity index (χ4v) is 3.32. The van der Waals surface area contributed by atoms with Crippen molar-refractivity contribution in [1.82, 2.24) is 10.3 Å². The molecule has 6 nitrogen and oxygen atoms in total. The second-order valence-corrected chi connectivity index (χ2v) is 7.65. The second-order valence-electron chi connectivity index (χ2n) is 6.84.